The fourth-order valence-electron chi connectivity index (χ4n) is 3.69. The summed E-state index contributed by atoms with van der Waals surface area (Å²) < 4.78 is 46.7. The van der Waals surface area contributed by atoms with Gasteiger partial charge in [0, 0.05) is 19.6 Å². The molecule has 9 nitrogen and oxygen atoms in total. The van der Waals surface area contributed by atoms with Gasteiger partial charge in [0.05, 0.1) is 0 Å². The van der Waals surface area contributed by atoms with E-state index in [1.807, 2.05) is 0 Å². The van der Waals surface area contributed by atoms with Crippen LogP contribution in [-0.2, 0) is 14.8 Å². The molecule has 1 aromatic rings. The summed E-state index contributed by atoms with van der Waals surface area (Å²) in [4.78, 5) is 11.9. The van der Waals surface area contributed by atoms with Crippen LogP contribution in [0, 0.1) is 5.82 Å². The van der Waals surface area contributed by atoms with Gasteiger partial charge in [-0.25, -0.2) is 22.6 Å². The monoisotopic (exact) mass is 417 g/mol. The highest BCUT2D eigenvalue weighted by atomic mass is 32.2. The van der Waals surface area contributed by atoms with Crippen LogP contribution in [0.15, 0.2) is 24.3 Å². The molecular formula is C17H24FN3O6S. The minimum absolute atomic E-state index is 0.0257. The van der Waals surface area contributed by atoms with Crippen LogP contribution in [-0.4, -0.2) is 72.1 Å². The van der Waals surface area contributed by atoms with Gasteiger partial charge >= 0.3 is 0 Å². The van der Waals surface area contributed by atoms with E-state index in [4.69, 9.17) is 9.94 Å². The second-order valence-corrected chi connectivity index (χ2v) is 9.13. The number of hydrogen-bond acceptors (Lipinski definition) is 7. The SMILES string of the molecule is O=C(NO)C1(O)CNCCC1S(=O)(=O)N1CCC(Oc2ccccc2F)CC1. The minimum atomic E-state index is -4.01. The van der Waals surface area contributed by atoms with Crippen molar-refractivity contribution < 1.29 is 32.7 Å². The number of nitrogens with zero attached hydrogens (tertiary/aromatic N) is 1. The lowest BCUT2D eigenvalue weighted by Crippen LogP contribution is -2.67. The number of rotatable bonds is 5. The number of carbonyl (C=O) groups is 1. The molecular weight excluding hydrogens is 393 g/mol. The van der Waals surface area contributed by atoms with Crippen LogP contribution >= 0.6 is 0 Å². The maximum Gasteiger partial charge on any atom is 0.278 e. The standard InChI is InChI=1S/C17H24FN3O6S/c18-13-3-1-2-4-14(13)27-12-6-9-21(10-7-12)28(25,26)15-5-8-19-11-17(15,23)16(22)20-24/h1-4,12,15,19,23-24H,5-11H2,(H,20,22). The molecule has 1 amide bonds. The number of para-hydroxylation sites is 1. The molecule has 2 fully saturated rings. The number of piperidine rings is 2. The van der Waals surface area contributed by atoms with E-state index in [1.165, 1.54) is 21.9 Å². The zero-order valence-electron chi connectivity index (χ0n) is 15.2. The number of nitrogens with one attached hydrogen (secondary N) is 2. The van der Waals surface area contributed by atoms with Gasteiger partial charge in [-0.05, 0) is 37.9 Å². The Hall–Kier alpha value is -1.79. The number of halogens is 1. The van der Waals surface area contributed by atoms with E-state index in [2.05, 4.69) is 5.32 Å². The third-order valence-corrected chi connectivity index (χ3v) is 7.69. The van der Waals surface area contributed by atoms with Gasteiger partial charge in [0.1, 0.15) is 11.4 Å². The predicted octanol–water partition coefficient (Wildman–Crippen LogP) is -0.403. The van der Waals surface area contributed by atoms with Crippen LogP contribution in [0.5, 0.6) is 5.75 Å². The molecule has 0 radical (unpaired) electrons. The zero-order chi connectivity index (χ0) is 20.4. The average molecular weight is 417 g/mol. The Kier molecular flexibility index (Phi) is 6.20. The minimum Gasteiger partial charge on any atom is -0.487 e. The molecule has 0 bridgehead atoms. The van der Waals surface area contributed by atoms with Gasteiger partial charge in [0.25, 0.3) is 5.91 Å². The van der Waals surface area contributed by atoms with Crippen LogP contribution in [0.1, 0.15) is 19.3 Å². The number of hydrogen-bond donors (Lipinski definition) is 4. The molecule has 0 spiro atoms. The van der Waals surface area contributed by atoms with Gasteiger partial charge in [-0.1, -0.05) is 12.1 Å². The van der Waals surface area contributed by atoms with Crippen LogP contribution < -0.4 is 15.5 Å². The summed E-state index contributed by atoms with van der Waals surface area (Å²) in [7, 11) is -4.01. The number of ether oxygens (including phenoxy) is 1. The molecule has 0 aliphatic carbocycles. The average Bonchev–Trinajstić information content (AvgIpc) is 2.69. The molecule has 4 N–H and O–H groups in total. The Morgan fingerprint density at radius 2 is 1.96 bits per heavy atom. The molecule has 2 heterocycles. The molecule has 1 aromatic carbocycles. The molecule has 0 saturated carbocycles. The lowest BCUT2D eigenvalue weighted by atomic mass is 9.93. The van der Waals surface area contributed by atoms with Gasteiger partial charge in [0.15, 0.2) is 17.2 Å². The molecule has 2 saturated heterocycles. The first-order valence-corrected chi connectivity index (χ1v) is 10.6. The van der Waals surface area contributed by atoms with E-state index in [9.17, 15) is 22.7 Å². The Morgan fingerprint density at radius 3 is 2.61 bits per heavy atom. The lowest BCUT2D eigenvalue weighted by molar-refractivity contribution is -0.150. The van der Waals surface area contributed by atoms with Crippen molar-refractivity contribution >= 4 is 15.9 Å². The van der Waals surface area contributed by atoms with E-state index < -0.39 is 32.6 Å². The smallest absolute Gasteiger partial charge is 0.278 e. The van der Waals surface area contributed by atoms with Gasteiger partial charge in [0.2, 0.25) is 10.0 Å². The highest BCUT2D eigenvalue weighted by molar-refractivity contribution is 7.89. The maximum absolute atomic E-state index is 13.7. The van der Waals surface area contributed by atoms with Gasteiger partial charge in [-0.2, -0.15) is 0 Å². The van der Waals surface area contributed by atoms with Crippen LogP contribution in [0.4, 0.5) is 4.39 Å². The number of sulfonamides is 1. The second-order valence-electron chi connectivity index (χ2n) is 7.01. The highest BCUT2D eigenvalue weighted by Gasteiger charge is 2.54. The second kappa shape index (κ2) is 8.29. The number of β-amino-alcohol motifs (C(OH)–C–C–N with tert-alkyl or cyclic N) is 1. The summed E-state index contributed by atoms with van der Waals surface area (Å²) in [6.45, 7) is 0.290. The number of aliphatic hydroxyl groups is 1. The van der Waals surface area contributed by atoms with Crippen LogP contribution in [0.3, 0.4) is 0 Å². The highest BCUT2D eigenvalue weighted by Crippen LogP contribution is 2.30. The molecule has 2 aliphatic rings. The van der Waals surface area contributed by atoms with Crippen molar-refractivity contribution in [2.75, 3.05) is 26.2 Å². The van der Waals surface area contributed by atoms with Crippen molar-refractivity contribution in [1.29, 1.82) is 0 Å². The molecule has 2 aliphatic heterocycles. The number of amides is 1. The molecule has 0 aromatic heterocycles. The van der Waals surface area contributed by atoms with Gasteiger partial charge < -0.3 is 15.2 Å². The largest absolute Gasteiger partial charge is 0.487 e. The van der Waals surface area contributed by atoms with Crippen molar-refractivity contribution in [3.8, 4) is 5.75 Å². The Bertz CT molecular complexity index is 815. The van der Waals surface area contributed by atoms with E-state index in [0.29, 0.717) is 19.4 Å². The quantitative estimate of drug-likeness (QED) is 0.379. The summed E-state index contributed by atoms with van der Waals surface area (Å²) in [6, 6.07) is 6.02. The summed E-state index contributed by atoms with van der Waals surface area (Å²) in [6.07, 6.45) is 0.389. The van der Waals surface area contributed by atoms with E-state index >= 15 is 0 Å². The Balaban J connectivity index is 1.68. The first kappa shape index (κ1) is 20.9. The number of hydroxylamine groups is 1. The van der Waals surface area contributed by atoms with Crippen molar-refractivity contribution in [2.24, 2.45) is 0 Å². The third-order valence-electron chi connectivity index (χ3n) is 5.26. The van der Waals surface area contributed by atoms with Crippen molar-refractivity contribution in [1.82, 2.24) is 15.1 Å². The summed E-state index contributed by atoms with van der Waals surface area (Å²) in [5.41, 5.74) is -0.919. The first-order chi connectivity index (χ1) is 13.3. The molecule has 156 valence electrons. The van der Waals surface area contributed by atoms with Crippen LogP contribution in [0.25, 0.3) is 0 Å². The van der Waals surface area contributed by atoms with E-state index in [-0.39, 0.29) is 37.9 Å². The fraction of sp³-hybridized carbons (Fsp3) is 0.588. The van der Waals surface area contributed by atoms with Crippen molar-refractivity contribution in [2.45, 2.75) is 36.2 Å². The first-order valence-electron chi connectivity index (χ1n) is 9.07. The molecule has 11 heteroatoms. The fourth-order valence-corrected chi connectivity index (χ4v) is 5.87. The molecule has 2 unspecified atom stereocenters. The van der Waals surface area contributed by atoms with E-state index in [0.717, 1.165) is 0 Å². The number of benzene rings is 1. The summed E-state index contributed by atoms with van der Waals surface area (Å²) in [5.74, 6) is -1.52. The summed E-state index contributed by atoms with van der Waals surface area (Å²) in [5, 5.41) is 20.9. The Labute approximate surface area is 162 Å². The summed E-state index contributed by atoms with van der Waals surface area (Å²) >= 11 is 0. The topological polar surface area (TPSA) is 128 Å². The van der Waals surface area contributed by atoms with Crippen LogP contribution in [0.2, 0.25) is 0 Å². The van der Waals surface area contributed by atoms with Crippen molar-refractivity contribution in [3.63, 3.8) is 0 Å². The Morgan fingerprint density at radius 1 is 1.29 bits per heavy atom. The predicted molar refractivity (Wildman–Crippen MR) is 96.7 cm³/mol. The van der Waals surface area contributed by atoms with E-state index in [1.54, 1.807) is 12.1 Å². The normalized spacial score (nSPS) is 27.3. The van der Waals surface area contributed by atoms with Gasteiger partial charge in [-0.15, -0.1) is 0 Å². The van der Waals surface area contributed by atoms with Gasteiger partial charge in [-0.3, -0.25) is 10.0 Å². The van der Waals surface area contributed by atoms with Crippen molar-refractivity contribution in [3.05, 3.63) is 30.1 Å². The molecule has 3 rings (SSSR count). The maximum atomic E-state index is 13.7. The zero-order valence-corrected chi connectivity index (χ0v) is 16.0. The molecule has 2 atom stereocenters. The number of carbonyl (C=O) groups excluding carboxylic acids is 1. The third kappa shape index (κ3) is 3.98. The molecule has 28 heavy (non-hydrogen) atoms. The lowest BCUT2D eigenvalue weighted by Gasteiger charge is -2.41.